The molecular formula is C45H29N3OS2. The van der Waals surface area contributed by atoms with Gasteiger partial charge in [-0.25, -0.2) is 4.99 Å². The van der Waals surface area contributed by atoms with Crippen LogP contribution in [0.1, 0.15) is 29.0 Å². The Kier molecular flexibility index (Phi) is 6.46. The molecule has 2 atom stereocenters. The average molecular weight is 692 g/mol. The van der Waals surface area contributed by atoms with E-state index in [1.165, 1.54) is 45.9 Å². The minimum absolute atomic E-state index is 0.0941. The third kappa shape index (κ3) is 4.72. The first-order valence-electron chi connectivity index (χ1n) is 17.2. The summed E-state index contributed by atoms with van der Waals surface area (Å²) in [5, 5.41) is 14.9. The number of hydrogen-bond acceptors (Lipinski definition) is 6. The van der Waals surface area contributed by atoms with Gasteiger partial charge in [0.2, 0.25) is 0 Å². The molecule has 3 aromatic heterocycles. The lowest BCUT2D eigenvalue weighted by molar-refractivity contribution is 0.409. The summed E-state index contributed by atoms with van der Waals surface area (Å²) >= 11 is 3.67. The van der Waals surface area contributed by atoms with Gasteiger partial charge in [0, 0.05) is 62.2 Å². The van der Waals surface area contributed by atoms with Crippen LogP contribution in [0.25, 0.3) is 73.4 Å². The van der Waals surface area contributed by atoms with Gasteiger partial charge in [-0.2, -0.15) is 0 Å². The van der Waals surface area contributed by atoms with E-state index in [1.807, 2.05) is 34.8 Å². The van der Waals surface area contributed by atoms with Gasteiger partial charge in [0.1, 0.15) is 29.3 Å². The molecule has 0 amide bonds. The van der Waals surface area contributed by atoms with E-state index >= 15 is 0 Å². The van der Waals surface area contributed by atoms with Crippen LogP contribution in [-0.2, 0) is 0 Å². The number of nitrogens with zero attached hydrogens (tertiary/aromatic N) is 1. The SMILES string of the molecule is c1ccc(C2NC(c3ccc4c(c3)sc3ccccc34)=NC(c3ccc4c(c3)sc3ccc(-c5cccc6c5oc5ccccc56)cc34)N2)cc1. The van der Waals surface area contributed by atoms with Crippen molar-refractivity contribution in [3.63, 3.8) is 0 Å². The van der Waals surface area contributed by atoms with Crippen molar-refractivity contribution < 1.29 is 4.42 Å². The van der Waals surface area contributed by atoms with Crippen molar-refractivity contribution in [3.05, 3.63) is 168 Å². The van der Waals surface area contributed by atoms with E-state index in [1.54, 1.807) is 0 Å². The molecule has 1 aliphatic heterocycles. The van der Waals surface area contributed by atoms with Gasteiger partial charge in [-0.05, 0) is 53.1 Å². The second-order valence-electron chi connectivity index (χ2n) is 13.2. The normalized spacial score (nSPS) is 16.4. The van der Waals surface area contributed by atoms with Gasteiger partial charge in [0.25, 0.3) is 0 Å². The lowest BCUT2D eigenvalue weighted by atomic mass is 10.00. The van der Waals surface area contributed by atoms with Gasteiger partial charge in [-0.3, -0.25) is 5.32 Å². The fourth-order valence-corrected chi connectivity index (χ4v) is 9.95. The van der Waals surface area contributed by atoms with E-state index < -0.39 is 0 Å². The Bertz CT molecular complexity index is 3010. The van der Waals surface area contributed by atoms with Crippen LogP contribution in [0.3, 0.4) is 0 Å². The Hall–Kier alpha value is -5.79. The van der Waals surface area contributed by atoms with Crippen LogP contribution < -0.4 is 10.6 Å². The minimum Gasteiger partial charge on any atom is -0.455 e. The maximum Gasteiger partial charge on any atom is 0.143 e. The van der Waals surface area contributed by atoms with Crippen LogP contribution in [0, 0.1) is 0 Å². The molecule has 0 aliphatic carbocycles. The number of aliphatic imine (C=N–C) groups is 1. The quantitative estimate of drug-likeness (QED) is 0.193. The van der Waals surface area contributed by atoms with Crippen LogP contribution in [0.15, 0.2) is 161 Å². The van der Waals surface area contributed by atoms with E-state index in [-0.39, 0.29) is 12.3 Å². The molecule has 6 heteroatoms. The number of furan rings is 1. The van der Waals surface area contributed by atoms with E-state index in [9.17, 15) is 0 Å². The smallest absolute Gasteiger partial charge is 0.143 e. The molecule has 2 N–H and O–H groups in total. The zero-order valence-electron chi connectivity index (χ0n) is 27.3. The summed E-state index contributed by atoms with van der Waals surface area (Å²) in [5.41, 5.74) is 7.54. The molecule has 0 spiro atoms. The highest BCUT2D eigenvalue weighted by Crippen LogP contribution is 2.41. The highest BCUT2D eigenvalue weighted by Gasteiger charge is 2.26. The minimum atomic E-state index is -0.222. The topological polar surface area (TPSA) is 49.6 Å². The summed E-state index contributed by atoms with van der Waals surface area (Å²) < 4.78 is 11.5. The molecule has 7 aromatic carbocycles. The monoisotopic (exact) mass is 691 g/mol. The van der Waals surface area contributed by atoms with E-state index in [0.717, 1.165) is 50.0 Å². The second-order valence-corrected chi connectivity index (χ2v) is 15.4. The Morgan fingerprint density at radius 2 is 1.20 bits per heavy atom. The molecule has 1 aliphatic rings. The molecule has 0 fully saturated rings. The number of benzene rings is 7. The zero-order chi connectivity index (χ0) is 33.5. The maximum atomic E-state index is 6.40. The van der Waals surface area contributed by atoms with Crippen molar-refractivity contribution in [3.8, 4) is 11.1 Å². The fourth-order valence-electron chi connectivity index (χ4n) is 7.67. The lowest BCUT2D eigenvalue weighted by Crippen LogP contribution is -2.44. The van der Waals surface area contributed by atoms with Gasteiger partial charge in [0.05, 0.1) is 0 Å². The predicted octanol–water partition coefficient (Wildman–Crippen LogP) is 12.3. The molecular weight excluding hydrogens is 663 g/mol. The first-order valence-corrected chi connectivity index (χ1v) is 18.8. The molecule has 10 aromatic rings. The van der Waals surface area contributed by atoms with Gasteiger partial charge in [-0.15, -0.1) is 22.7 Å². The second kappa shape index (κ2) is 11.4. The van der Waals surface area contributed by atoms with Crippen molar-refractivity contribution in [2.24, 2.45) is 4.99 Å². The van der Waals surface area contributed by atoms with Gasteiger partial charge in [0.15, 0.2) is 0 Å². The van der Waals surface area contributed by atoms with Gasteiger partial charge in [-0.1, -0.05) is 115 Å². The maximum absolute atomic E-state index is 6.40. The Balaban J connectivity index is 1.00. The van der Waals surface area contributed by atoms with Crippen LogP contribution in [0.4, 0.5) is 0 Å². The molecule has 0 radical (unpaired) electrons. The molecule has 51 heavy (non-hydrogen) atoms. The molecule has 11 rings (SSSR count). The number of rotatable bonds is 4. The third-order valence-corrected chi connectivity index (χ3v) is 12.4. The highest BCUT2D eigenvalue weighted by atomic mass is 32.1. The average Bonchev–Trinajstić information content (AvgIpc) is 3.88. The van der Waals surface area contributed by atoms with E-state index in [2.05, 4.69) is 150 Å². The van der Waals surface area contributed by atoms with Gasteiger partial charge >= 0.3 is 0 Å². The number of hydrogen-bond donors (Lipinski definition) is 2. The van der Waals surface area contributed by atoms with E-state index in [0.29, 0.717) is 0 Å². The van der Waals surface area contributed by atoms with Crippen molar-refractivity contribution in [1.29, 1.82) is 0 Å². The van der Waals surface area contributed by atoms with Crippen molar-refractivity contribution in [1.82, 2.24) is 10.6 Å². The van der Waals surface area contributed by atoms with Gasteiger partial charge < -0.3 is 9.73 Å². The zero-order valence-corrected chi connectivity index (χ0v) is 28.9. The Labute approximate surface area is 301 Å². The summed E-state index contributed by atoms with van der Waals surface area (Å²) in [6, 6.07) is 54.3. The van der Waals surface area contributed by atoms with Crippen LogP contribution >= 0.6 is 22.7 Å². The van der Waals surface area contributed by atoms with Crippen LogP contribution in [0.2, 0.25) is 0 Å². The molecule has 0 saturated carbocycles. The van der Waals surface area contributed by atoms with E-state index in [4.69, 9.17) is 9.41 Å². The molecule has 0 saturated heterocycles. The first kappa shape index (κ1) is 29.0. The highest BCUT2D eigenvalue weighted by molar-refractivity contribution is 7.26. The number of amidine groups is 1. The van der Waals surface area contributed by atoms with Crippen molar-refractivity contribution in [2.45, 2.75) is 12.3 Å². The number of thiophene rings is 2. The molecule has 2 unspecified atom stereocenters. The number of fused-ring (bicyclic) bond motifs is 9. The standard InChI is InChI=1S/C45H29N3OS2/c1-2-9-26(10-3-1)43-46-44(28-17-20-33-32-12-5-7-16-38(32)50-40(33)24-28)48-45(47-43)29-18-21-34-36-23-27(19-22-39(36)51-41(34)25-29)30-13-8-14-35-31-11-4-6-15-37(31)49-42(30)35/h1-25,43,45,47H,(H,46,48). The third-order valence-electron chi connectivity index (χ3n) is 10.2. The summed E-state index contributed by atoms with van der Waals surface area (Å²) in [6.07, 6.45) is -0.316. The number of nitrogens with one attached hydrogen (secondary N) is 2. The number of para-hydroxylation sites is 2. The lowest BCUT2D eigenvalue weighted by Gasteiger charge is -2.32. The molecule has 0 bridgehead atoms. The van der Waals surface area contributed by atoms with Crippen molar-refractivity contribution in [2.75, 3.05) is 0 Å². The molecule has 4 heterocycles. The predicted molar refractivity (Wildman–Crippen MR) is 216 cm³/mol. The van der Waals surface area contributed by atoms with Crippen LogP contribution in [0.5, 0.6) is 0 Å². The summed E-state index contributed by atoms with van der Waals surface area (Å²) in [4.78, 5) is 5.31. The summed E-state index contributed by atoms with van der Waals surface area (Å²) in [7, 11) is 0. The summed E-state index contributed by atoms with van der Waals surface area (Å²) in [6.45, 7) is 0. The first-order chi connectivity index (χ1) is 25.2. The van der Waals surface area contributed by atoms with Crippen LogP contribution in [-0.4, -0.2) is 5.84 Å². The Morgan fingerprint density at radius 1 is 0.490 bits per heavy atom. The Morgan fingerprint density at radius 3 is 2.12 bits per heavy atom. The summed E-state index contributed by atoms with van der Waals surface area (Å²) in [5.74, 6) is 0.896. The largest absolute Gasteiger partial charge is 0.455 e. The molecule has 4 nitrogen and oxygen atoms in total. The molecule has 242 valence electrons. The fraction of sp³-hybridized carbons (Fsp3) is 0.0444. The van der Waals surface area contributed by atoms with Crippen molar-refractivity contribution >= 4 is 90.8 Å².